The second-order valence-electron chi connectivity index (χ2n) is 5.47. The standard InChI is InChI=1S/C20H16N2O4/c21-15-8-10-16(11-9-15)25-19(23)13-4-3-5-14(12-13)20(24)26-18-7-2-1-6-17(18)22/h1-12H,21-22H2. The van der Waals surface area contributed by atoms with Gasteiger partial charge >= 0.3 is 11.9 Å². The number of ether oxygens (including phenoxy) is 2. The number of hydrogen-bond donors (Lipinski definition) is 2. The van der Waals surface area contributed by atoms with Gasteiger partial charge in [-0.15, -0.1) is 0 Å². The highest BCUT2D eigenvalue weighted by molar-refractivity contribution is 5.97. The lowest BCUT2D eigenvalue weighted by Gasteiger charge is -2.08. The second-order valence-corrected chi connectivity index (χ2v) is 5.47. The third-order valence-electron chi connectivity index (χ3n) is 3.55. The van der Waals surface area contributed by atoms with Crippen molar-refractivity contribution < 1.29 is 19.1 Å². The predicted molar refractivity (Wildman–Crippen MR) is 98.1 cm³/mol. The van der Waals surface area contributed by atoms with E-state index < -0.39 is 11.9 Å². The van der Waals surface area contributed by atoms with Gasteiger partial charge in [-0.05, 0) is 54.6 Å². The van der Waals surface area contributed by atoms with Crippen LogP contribution in [0.5, 0.6) is 11.5 Å². The number of hydrogen-bond acceptors (Lipinski definition) is 6. The van der Waals surface area contributed by atoms with Crippen molar-refractivity contribution in [2.24, 2.45) is 0 Å². The molecule has 0 amide bonds. The summed E-state index contributed by atoms with van der Waals surface area (Å²) in [5.41, 5.74) is 12.7. The smallest absolute Gasteiger partial charge is 0.343 e. The van der Waals surface area contributed by atoms with Crippen LogP contribution < -0.4 is 20.9 Å². The summed E-state index contributed by atoms with van der Waals surface area (Å²) < 4.78 is 10.5. The molecule has 0 fully saturated rings. The quantitative estimate of drug-likeness (QED) is 0.426. The molecule has 0 saturated carbocycles. The Bertz CT molecular complexity index is 952. The minimum atomic E-state index is -0.620. The summed E-state index contributed by atoms with van der Waals surface area (Å²) in [6.45, 7) is 0. The third-order valence-corrected chi connectivity index (χ3v) is 3.55. The Balaban J connectivity index is 1.75. The van der Waals surface area contributed by atoms with Crippen molar-refractivity contribution >= 4 is 23.3 Å². The predicted octanol–water partition coefficient (Wildman–Crippen LogP) is 3.29. The molecule has 0 heterocycles. The van der Waals surface area contributed by atoms with Gasteiger partial charge in [-0.3, -0.25) is 0 Å². The maximum atomic E-state index is 12.3. The molecule has 0 unspecified atom stereocenters. The number of esters is 2. The topological polar surface area (TPSA) is 105 Å². The van der Waals surface area contributed by atoms with Crippen molar-refractivity contribution in [3.05, 3.63) is 83.9 Å². The first-order valence-electron chi connectivity index (χ1n) is 7.77. The molecule has 0 aliphatic heterocycles. The van der Waals surface area contributed by atoms with Gasteiger partial charge in [0.05, 0.1) is 16.8 Å². The van der Waals surface area contributed by atoms with Crippen molar-refractivity contribution in [1.29, 1.82) is 0 Å². The number of benzene rings is 3. The number of anilines is 2. The molecule has 0 saturated heterocycles. The monoisotopic (exact) mass is 348 g/mol. The first-order valence-corrected chi connectivity index (χ1v) is 7.77. The maximum absolute atomic E-state index is 12.3. The zero-order valence-corrected chi connectivity index (χ0v) is 13.7. The molecule has 26 heavy (non-hydrogen) atoms. The fourth-order valence-electron chi connectivity index (χ4n) is 2.21. The van der Waals surface area contributed by atoms with E-state index in [1.54, 1.807) is 66.7 Å². The summed E-state index contributed by atoms with van der Waals surface area (Å²) in [6, 6.07) is 19.2. The summed E-state index contributed by atoms with van der Waals surface area (Å²) in [4.78, 5) is 24.6. The van der Waals surface area contributed by atoms with Gasteiger partial charge in [-0.2, -0.15) is 0 Å². The number of carbonyl (C=O) groups excluding carboxylic acids is 2. The number of rotatable bonds is 4. The van der Waals surface area contributed by atoms with Gasteiger partial charge in [0, 0.05) is 5.69 Å². The Kier molecular flexibility index (Phi) is 4.85. The molecule has 0 radical (unpaired) electrons. The molecule has 6 heteroatoms. The molecular formula is C20H16N2O4. The molecule has 0 aliphatic carbocycles. The molecule has 0 aliphatic rings. The van der Waals surface area contributed by atoms with Crippen molar-refractivity contribution in [2.45, 2.75) is 0 Å². The van der Waals surface area contributed by atoms with Crippen molar-refractivity contribution in [2.75, 3.05) is 11.5 Å². The third kappa shape index (κ3) is 3.99. The molecule has 3 aromatic rings. The molecule has 0 aromatic heterocycles. The molecule has 4 N–H and O–H groups in total. The molecule has 6 nitrogen and oxygen atoms in total. The van der Waals surface area contributed by atoms with Crippen LogP contribution in [-0.4, -0.2) is 11.9 Å². The van der Waals surface area contributed by atoms with E-state index in [1.807, 2.05) is 0 Å². The van der Waals surface area contributed by atoms with Crippen LogP contribution >= 0.6 is 0 Å². The van der Waals surface area contributed by atoms with Crippen LogP contribution in [0.4, 0.5) is 11.4 Å². The fourth-order valence-corrected chi connectivity index (χ4v) is 2.21. The van der Waals surface area contributed by atoms with Crippen LogP contribution in [0.25, 0.3) is 0 Å². The molecule has 130 valence electrons. The molecule has 0 spiro atoms. The van der Waals surface area contributed by atoms with Gasteiger partial charge in [0.1, 0.15) is 5.75 Å². The Morgan fingerprint density at radius 3 is 1.96 bits per heavy atom. The van der Waals surface area contributed by atoms with Crippen LogP contribution in [0.3, 0.4) is 0 Å². The SMILES string of the molecule is Nc1ccc(OC(=O)c2cccc(C(=O)Oc3ccccc3N)c2)cc1. The Morgan fingerprint density at radius 1 is 0.692 bits per heavy atom. The molecular weight excluding hydrogens is 332 g/mol. The number of nitrogens with two attached hydrogens (primary N) is 2. The first kappa shape index (κ1) is 17.0. The summed E-state index contributed by atoms with van der Waals surface area (Å²) in [6.07, 6.45) is 0. The zero-order chi connectivity index (χ0) is 18.5. The van der Waals surface area contributed by atoms with Gasteiger partial charge in [-0.1, -0.05) is 18.2 Å². The Labute approximate surface area is 150 Å². The van der Waals surface area contributed by atoms with E-state index in [9.17, 15) is 9.59 Å². The Morgan fingerprint density at radius 2 is 1.31 bits per heavy atom. The van der Waals surface area contributed by atoms with Crippen molar-refractivity contribution in [3.63, 3.8) is 0 Å². The van der Waals surface area contributed by atoms with Crippen molar-refractivity contribution in [3.8, 4) is 11.5 Å². The summed E-state index contributed by atoms with van der Waals surface area (Å²) in [7, 11) is 0. The van der Waals surface area contributed by atoms with E-state index in [0.717, 1.165) is 0 Å². The second kappa shape index (κ2) is 7.40. The van der Waals surface area contributed by atoms with Crippen LogP contribution in [0, 0.1) is 0 Å². The first-order chi connectivity index (χ1) is 12.5. The van der Waals surface area contributed by atoms with Crippen LogP contribution in [0.15, 0.2) is 72.8 Å². The largest absolute Gasteiger partial charge is 0.423 e. The van der Waals surface area contributed by atoms with Crippen molar-refractivity contribution in [1.82, 2.24) is 0 Å². The minimum absolute atomic E-state index is 0.208. The summed E-state index contributed by atoms with van der Waals surface area (Å²) in [5.74, 6) is -0.602. The number of para-hydroxylation sites is 2. The average Bonchev–Trinajstić information content (AvgIpc) is 2.65. The van der Waals surface area contributed by atoms with E-state index in [4.69, 9.17) is 20.9 Å². The summed E-state index contributed by atoms with van der Waals surface area (Å²) in [5, 5.41) is 0. The normalized spacial score (nSPS) is 10.2. The highest BCUT2D eigenvalue weighted by Gasteiger charge is 2.15. The molecule has 0 atom stereocenters. The van der Waals surface area contributed by atoms with Gasteiger partial charge in [-0.25, -0.2) is 9.59 Å². The van der Waals surface area contributed by atoms with Gasteiger partial charge in [0.25, 0.3) is 0 Å². The molecule has 3 rings (SSSR count). The lowest BCUT2D eigenvalue weighted by Crippen LogP contribution is -2.13. The molecule has 3 aromatic carbocycles. The number of carbonyl (C=O) groups is 2. The van der Waals surface area contributed by atoms with E-state index in [1.165, 1.54) is 6.07 Å². The zero-order valence-electron chi connectivity index (χ0n) is 13.7. The molecule has 0 bridgehead atoms. The van der Waals surface area contributed by atoms with E-state index in [0.29, 0.717) is 17.1 Å². The van der Waals surface area contributed by atoms with E-state index >= 15 is 0 Å². The number of nitrogen functional groups attached to an aromatic ring is 2. The van der Waals surface area contributed by atoms with Gasteiger partial charge in [0.15, 0.2) is 5.75 Å². The van der Waals surface area contributed by atoms with Gasteiger partial charge < -0.3 is 20.9 Å². The lowest BCUT2D eigenvalue weighted by molar-refractivity contribution is 0.0734. The minimum Gasteiger partial charge on any atom is -0.423 e. The van der Waals surface area contributed by atoms with Crippen LogP contribution in [0.1, 0.15) is 20.7 Å². The Hall–Kier alpha value is -3.80. The van der Waals surface area contributed by atoms with Crippen LogP contribution in [0.2, 0.25) is 0 Å². The van der Waals surface area contributed by atoms with Crippen LogP contribution in [-0.2, 0) is 0 Å². The van der Waals surface area contributed by atoms with E-state index in [-0.39, 0.29) is 16.9 Å². The van der Waals surface area contributed by atoms with E-state index in [2.05, 4.69) is 0 Å². The lowest BCUT2D eigenvalue weighted by atomic mass is 10.1. The highest BCUT2D eigenvalue weighted by atomic mass is 16.5. The summed E-state index contributed by atoms with van der Waals surface area (Å²) >= 11 is 0. The fraction of sp³-hybridized carbons (Fsp3) is 0. The maximum Gasteiger partial charge on any atom is 0.343 e. The van der Waals surface area contributed by atoms with Gasteiger partial charge in [0.2, 0.25) is 0 Å². The highest BCUT2D eigenvalue weighted by Crippen LogP contribution is 2.21. The average molecular weight is 348 g/mol.